The van der Waals surface area contributed by atoms with E-state index in [1.807, 2.05) is 0 Å². The van der Waals surface area contributed by atoms with Crippen LogP contribution in [0.3, 0.4) is 0 Å². The van der Waals surface area contributed by atoms with Crippen molar-refractivity contribution < 1.29 is 0 Å². The second-order valence-corrected chi connectivity index (χ2v) is 7.24. The number of para-hydroxylation sites is 1. The smallest absolute Gasteiger partial charge is 0.0376 e. The van der Waals surface area contributed by atoms with Crippen LogP contribution in [0, 0.1) is 5.92 Å². The largest absolute Gasteiger partial charge is 0.384 e. The molecule has 0 radical (unpaired) electrons. The first-order valence-corrected chi connectivity index (χ1v) is 8.98. The molecule has 1 saturated heterocycles. The Hall–Kier alpha value is -1.02. The van der Waals surface area contributed by atoms with E-state index in [4.69, 9.17) is 0 Å². The average Bonchev–Trinajstić information content (AvgIpc) is 3.25. The van der Waals surface area contributed by atoms with Gasteiger partial charge in [0, 0.05) is 24.2 Å². The third kappa shape index (κ3) is 2.70. The fourth-order valence-electron chi connectivity index (χ4n) is 4.94. The number of likely N-dealkylation sites (tertiary alicyclic amines) is 1. The van der Waals surface area contributed by atoms with Crippen molar-refractivity contribution in [2.75, 3.05) is 25.0 Å². The van der Waals surface area contributed by atoms with E-state index in [1.165, 1.54) is 63.7 Å². The lowest BCUT2D eigenvalue weighted by Crippen LogP contribution is -2.36. The normalized spacial score (nSPS) is 29.7. The minimum atomic E-state index is 0.728. The molecule has 1 aromatic rings. The molecule has 1 saturated carbocycles. The van der Waals surface area contributed by atoms with Gasteiger partial charge in [0.05, 0.1) is 0 Å². The standard InChI is InChI=1S/C19H28N2/c1-2-7-15(6-1)19-10-5-12-21(19)13-11-16-14-20-18-9-4-3-8-17(16)18/h3-4,8-9,15-16,19-20H,1-2,5-7,10-14H2. The van der Waals surface area contributed by atoms with Crippen molar-refractivity contribution in [3.05, 3.63) is 29.8 Å². The number of hydrogen-bond acceptors (Lipinski definition) is 2. The molecule has 21 heavy (non-hydrogen) atoms. The van der Waals surface area contributed by atoms with Gasteiger partial charge in [-0.2, -0.15) is 0 Å². The number of hydrogen-bond donors (Lipinski definition) is 1. The van der Waals surface area contributed by atoms with Crippen LogP contribution >= 0.6 is 0 Å². The molecule has 0 spiro atoms. The van der Waals surface area contributed by atoms with Gasteiger partial charge in [0.1, 0.15) is 0 Å². The third-order valence-corrected chi connectivity index (χ3v) is 6.06. The topological polar surface area (TPSA) is 15.3 Å². The molecule has 2 aliphatic heterocycles. The van der Waals surface area contributed by atoms with Gasteiger partial charge in [-0.05, 0) is 62.7 Å². The molecular formula is C19H28N2. The highest BCUT2D eigenvalue weighted by Crippen LogP contribution is 2.37. The summed E-state index contributed by atoms with van der Waals surface area (Å²) in [4.78, 5) is 2.83. The van der Waals surface area contributed by atoms with Gasteiger partial charge in [-0.15, -0.1) is 0 Å². The van der Waals surface area contributed by atoms with Crippen molar-refractivity contribution in [3.63, 3.8) is 0 Å². The van der Waals surface area contributed by atoms with Crippen LogP contribution in [0.15, 0.2) is 24.3 Å². The van der Waals surface area contributed by atoms with E-state index < -0.39 is 0 Å². The lowest BCUT2D eigenvalue weighted by atomic mass is 9.94. The van der Waals surface area contributed by atoms with Crippen LogP contribution in [0.5, 0.6) is 0 Å². The summed E-state index contributed by atoms with van der Waals surface area (Å²) in [6.07, 6.45) is 10.2. The summed E-state index contributed by atoms with van der Waals surface area (Å²) in [5.74, 6) is 1.74. The van der Waals surface area contributed by atoms with Gasteiger partial charge in [-0.1, -0.05) is 31.0 Å². The molecule has 4 rings (SSSR count). The number of benzene rings is 1. The first kappa shape index (κ1) is 13.6. The zero-order valence-electron chi connectivity index (χ0n) is 13.1. The van der Waals surface area contributed by atoms with E-state index in [9.17, 15) is 0 Å². The zero-order valence-corrected chi connectivity index (χ0v) is 13.1. The summed E-state index contributed by atoms with van der Waals surface area (Å²) in [5.41, 5.74) is 2.92. The molecule has 1 aliphatic carbocycles. The fourth-order valence-corrected chi connectivity index (χ4v) is 4.94. The van der Waals surface area contributed by atoms with E-state index in [2.05, 4.69) is 34.5 Å². The Morgan fingerprint density at radius 1 is 1.05 bits per heavy atom. The molecule has 0 bridgehead atoms. The van der Waals surface area contributed by atoms with Gasteiger partial charge in [0.2, 0.25) is 0 Å². The van der Waals surface area contributed by atoms with Crippen molar-refractivity contribution in [3.8, 4) is 0 Å². The first-order chi connectivity index (χ1) is 10.4. The van der Waals surface area contributed by atoms with Crippen LogP contribution in [-0.4, -0.2) is 30.6 Å². The molecule has 114 valence electrons. The van der Waals surface area contributed by atoms with Crippen molar-refractivity contribution in [1.82, 2.24) is 4.90 Å². The van der Waals surface area contributed by atoms with Crippen LogP contribution in [0.1, 0.15) is 56.4 Å². The highest BCUT2D eigenvalue weighted by atomic mass is 15.2. The Morgan fingerprint density at radius 3 is 2.81 bits per heavy atom. The van der Waals surface area contributed by atoms with Gasteiger partial charge < -0.3 is 10.2 Å². The summed E-state index contributed by atoms with van der Waals surface area (Å²) < 4.78 is 0. The summed E-state index contributed by atoms with van der Waals surface area (Å²) >= 11 is 0. The van der Waals surface area contributed by atoms with Gasteiger partial charge in [0.25, 0.3) is 0 Å². The van der Waals surface area contributed by atoms with Crippen molar-refractivity contribution in [1.29, 1.82) is 0 Å². The maximum Gasteiger partial charge on any atom is 0.0376 e. The van der Waals surface area contributed by atoms with Gasteiger partial charge in [0.15, 0.2) is 0 Å². The zero-order chi connectivity index (χ0) is 14.1. The lowest BCUT2D eigenvalue weighted by Gasteiger charge is -2.30. The van der Waals surface area contributed by atoms with E-state index in [-0.39, 0.29) is 0 Å². The van der Waals surface area contributed by atoms with Crippen LogP contribution < -0.4 is 5.32 Å². The Balaban J connectivity index is 1.36. The average molecular weight is 284 g/mol. The van der Waals surface area contributed by atoms with E-state index >= 15 is 0 Å². The summed E-state index contributed by atoms with van der Waals surface area (Å²) in [7, 11) is 0. The molecule has 2 heteroatoms. The maximum atomic E-state index is 3.57. The predicted octanol–water partition coefficient (Wildman–Crippen LogP) is 4.24. The van der Waals surface area contributed by atoms with Crippen LogP contribution in [0.2, 0.25) is 0 Å². The Bertz CT molecular complexity index is 478. The van der Waals surface area contributed by atoms with E-state index in [0.717, 1.165) is 24.4 Å². The Morgan fingerprint density at radius 2 is 1.90 bits per heavy atom. The third-order valence-electron chi connectivity index (χ3n) is 6.06. The van der Waals surface area contributed by atoms with Gasteiger partial charge in [-0.3, -0.25) is 0 Å². The molecule has 0 amide bonds. The molecule has 0 aromatic heterocycles. The van der Waals surface area contributed by atoms with Gasteiger partial charge >= 0.3 is 0 Å². The first-order valence-electron chi connectivity index (χ1n) is 8.98. The molecule has 2 heterocycles. The van der Waals surface area contributed by atoms with Crippen LogP contribution in [0.25, 0.3) is 0 Å². The monoisotopic (exact) mass is 284 g/mol. The molecule has 1 N–H and O–H groups in total. The molecule has 2 nitrogen and oxygen atoms in total. The predicted molar refractivity (Wildman–Crippen MR) is 88.8 cm³/mol. The number of nitrogens with zero attached hydrogens (tertiary/aromatic N) is 1. The van der Waals surface area contributed by atoms with Gasteiger partial charge in [-0.25, -0.2) is 0 Å². The maximum absolute atomic E-state index is 3.57. The molecule has 2 unspecified atom stereocenters. The van der Waals surface area contributed by atoms with E-state index in [0.29, 0.717) is 0 Å². The summed E-state index contributed by atoms with van der Waals surface area (Å²) in [5, 5.41) is 3.57. The minimum Gasteiger partial charge on any atom is -0.384 e. The highest BCUT2D eigenvalue weighted by Gasteiger charge is 2.33. The van der Waals surface area contributed by atoms with Crippen LogP contribution in [-0.2, 0) is 0 Å². The SMILES string of the molecule is c1ccc2c(c1)NCC2CCN1CCCC1C1CCCC1. The second-order valence-electron chi connectivity index (χ2n) is 7.24. The quantitative estimate of drug-likeness (QED) is 0.889. The highest BCUT2D eigenvalue weighted by molar-refractivity contribution is 5.57. The lowest BCUT2D eigenvalue weighted by molar-refractivity contribution is 0.186. The van der Waals surface area contributed by atoms with Crippen molar-refractivity contribution >= 4 is 5.69 Å². The Kier molecular flexibility index (Phi) is 3.89. The molecule has 3 aliphatic rings. The van der Waals surface area contributed by atoms with Crippen LogP contribution in [0.4, 0.5) is 5.69 Å². The second kappa shape index (κ2) is 6.00. The minimum absolute atomic E-state index is 0.728. The number of anilines is 1. The summed E-state index contributed by atoms with van der Waals surface area (Å²) in [6.45, 7) is 3.80. The molecule has 2 atom stereocenters. The number of fused-ring (bicyclic) bond motifs is 1. The van der Waals surface area contributed by atoms with Crippen molar-refractivity contribution in [2.45, 2.75) is 56.9 Å². The fraction of sp³-hybridized carbons (Fsp3) is 0.684. The Labute approximate surface area is 128 Å². The van der Waals surface area contributed by atoms with E-state index in [1.54, 1.807) is 5.56 Å². The van der Waals surface area contributed by atoms with Crippen molar-refractivity contribution in [2.24, 2.45) is 5.92 Å². The number of nitrogens with one attached hydrogen (secondary N) is 1. The molecular weight excluding hydrogens is 256 g/mol. The summed E-state index contributed by atoms with van der Waals surface area (Å²) in [6, 6.07) is 9.79. The molecule has 1 aromatic carbocycles. The number of rotatable bonds is 4. The molecule has 2 fully saturated rings.